The molecule has 1 atom stereocenters. The van der Waals surface area contributed by atoms with Crippen molar-refractivity contribution in [2.45, 2.75) is 50.5 Å². The number of likely N-dealkylation sites (tertiary alicyclic amines) is 2. The monoisotopic (exact) mass is 444 g/mol. The Bertz CT molecular complexity index is 1050. The summed E-state index contributed by atoms with van der Waals surface area (Å²) < 4.78 is 25.0. The molecular weight excluding hydrogens is 412 g/mol. The Morgan fingerprint density at radius 3 is 2.39 bits per heavy atom. The third-order valence-electron chi connectivity index (χ3n) is 6.67. The van der Waals surface area contributed by atoms with Crippen molar-refractivity contribution in [1.29, 1.82) is 0 Å². The molecule has 3 heterocycles. The molecule has 2 N–H and O–H groups in total. The van der Waals surface area contributed by atoms with Crippen molar-refractivity contribution in [2.24, 2.45) is 5.14 Å². The maximum Gasteiger partial charge on any atom is 0.238 e. The standard InChI is InChI=1S/C23H32N4O3S/c1-17-14-22(18(2)27(17)19-7-9-21(10-8-19)31(24,29)30)23(28)16-26-13-5-6-20(26)15-25-11-3-4-12-25/h7-10,14,20H,3-6,11-13,15-16H2,1-2H3,(H2,24,29,30). The van der Waals surface area contributed by atoms with E-state index in [4.69, 9.17) is 5.14 Å². The summed E-state index contributed by atoms with van der Waals surface area (Å²) in [7, 11) is -3.73. The van der Waals surface area contributed by atoms with Gasteiger partial charge in [-0.15, -0.1) is 0 Å². The summed E-state index contributed by atoms with van der Waals surface area (Å²) in [6, 6.07) is 8.85. The summed E-state index contributed by atoms with van der Waals surface area (Å²) in [6.45, 7) is 8.78. The van der Waals surface area contributed by atoms with Crippen molar-refractivity contribution < 1.29 is 13.2 Å². The minimum Gasteiger partial charge on any atom is -0.318 e. The van der Waals surface area contributed by atoms with Crippen molar-refractivity contribution in [3.8, 4) is 5.69 Å². The molecular formula is C23H32N4O3S. The van der Waals surface area contributed by atoms with Gasteiger partial charge < -0.3 is 9.47 Å². The van der Waals surface area contributed by atoms with Crippen LogP contribution in [0.1, 0.15) is 47.4 Å². The molecule has 0 amide bonds. The number of ketones is 1. The number of primary sulfonamides is 1. The van der Waals surface area contributed by atoms with Gasteiger partial charge in [0, 0.05) is 35.2 Å². The lowest BCUT2D eigenvalue weighted by Gasteiger charge is -2.27. The van der Waals surface area contributed by atoms with E-state index in [1.807, 2.05) is 24.5 Å². The molecule has 4 rings (SSSR count). The molecule has 0 radical (unpaired) electrons. The molecule has 1 unspecified atom stereocenters. The molecule has 2 aromatic rings. The molecule has 1 aromatic heterocycles. The van der Waals surface area contributed by atoms with Gasteiger partial charge >= 0.3 is 0 Å². The zero-order chi connectivity index (χ0) is 22.2. The Hall–Kier alpha value is -2.00. The van der Waals surface area contributed by atoms with E-state index >= 15 is 0 Å². The quantitative estimate of drug-likeness (QED) is 0.663. The molecule has 2 aliphatic rings. The number of Topliss-reactive ketones (excluding diaryl/α,β-unsaturated/α-hetero) is 1. The van der Waals surface area contributed by atoms with Crippen LogP contribution < -0.4 is 5.14 Å². The van der Waals surface area contributed by atoms with Crippen molar-refractivity contribution >= 4 is 15.8 Å². The second kappa shape index (κ2) is 8.86. The molecule has 31 heavy (non-hydrogen) atoms. The number of carbonyl (C=O) groups is 1. The first-order valence-corrected chi connectivity index (χ1v) is 12.6. The largest absolute Gasteiger partial charge is 0.318 e. The summed E-state index contributed by atoms with van der Waals surface area (Å²) in [5.74, 6) is 0.147. The minimum atomic E-state index is -3.73. The Balaban J connectivity index is 1.50. The number of rotatable bonds is 7. The van der Waals surface area contributed by atoms with E-state index in [0.717, 1.165) is 42.1 Å². The second-order valence-corrected chi connectivity index (χ2v) is 10.4. The van der Waals surface area contributed by atoms with Crippen molar-refractivity contribution in [3.63, 3.8) is 0 Å². The van der Waals surface area contributed by atoms with E-state index in [2.05, 4.69) is 9.80 Å². The molecule has 0 bridgehead atoms. The highest BCUT2D eigenvalue weighted by Gasteiger charge is 2.30. The molecule has 2 saturated heterocycles. The van der Waals surface area contributed by atoms with Gasteiger partial charge in [0.25, 0.3) is 0 Å². The van der Waals surface area contributed by atoms with E-state index in [9.17, 15) is 13.2 Å². The number of sulfonamides is 1. The molecule has 8 heteroatoms. The molecule has 7 nitrogen and oxygen atoms in total. The van der Waals surface area contributed by atoms with Crippen LogP contribution in [0.15, 0.2) is 35.2 Å². The zero-order valence-electron chi connectivity index (χ0n) is 18.4. The summed E-state index contributed by atoms with van der Waals surface area (Å²) in [5.41, 5.74) is 3.37. The highest BCUT2D eigenvalue weighted by atomic mass is 32.2. The van der Waals surface area contributed by atoms with Gasteiger partial charge in [0.1, 0.15) is 0 Å². The zero-order valence-corrected chi connectivity index (χ0v) is 19.2. The highest BCUT2D eigenvalue weighted by molar-refractivity contribution is 7.89. The smallest absolute Gasteiger partial charge is 0.238 e. The summed E-state index contributed by atoms with van der Waals surface area (Å²) in [6.07, 6.45) is 4.89. The van der Waals surface area contributed by atoms with Crippen LogP contribution in [0.25, 0.3) is 5.69 Å². The van der Waals surface area contributed by atoms with Crippen LogP contribution in [0.4, 0.5) is 0 Å². The SMILES string of the molecule is Cc1cc(C(=O)CN2CCCC2CN2CCCC2)c(C)n1-c1ccc(S(N)(=O)=O)cc1. The molecule has 2 fully saturated rings. The van der Waals surface area contributed by atoms with Crippen molar-refractivity contribution in [3.05, 3.63) is 47.3 Å². The van der Waals surface area contributed by atoms with E-state index < -0.39 is 10.0 Å². The number of hydrogen-bond acceptors (Lipinski definition) is 5. The predicted molar refractivity (Wildman–Crippen MR) is 121 cm³/mol. The Morgan fingerprint density at radius 2 is 1.74 bits per heavy atom. The van der Waals surface area contributed by atoms with Gasteiger partial charge in [-0.05, 0) is 89.5 Å². The fourth-order valence-corrected chi connectivity index (χ4v) is 5.59. The number of aryl methyl sites for hydroxylation is 1. The first-order valence-electron chi connectivity index (χ1n) is 11.1. The molecule has 168 valence electrons. The normalized spacial score (nSPS) is 20.5. The summed E-state index contributed by atoms with van der Waals surface area (Å²) in [4.78, 5) is 18.2. The van der Waals surface area contributed by atoms with Crippen LogP contribution in [-0.2, 0) is 10.0 Å². The minimum absolute atomic E-state index is 0.0769. The number of benzene rings is 1. The number of aromatic nitrogens is 1. The third-order valence-corrected chi connectivity index (χ3v) is 7.60. The molecule has 2 aliphatic heterocycles. The fraction of sp³-hybridized carbons (Fsp3) is 0.522. The van der Waals surface area contributed by atoms with Gasteiger partial charge in [-0.25, -0.2) is 13.6 Å². The molecule has 0 spiro atoms. The lowest BCUT2D eigenvalue weighted by molar-refractivity contribution is 0.0905. The Morgan fingerprint density at radius 1 is 1.06 bits per heavy atom. The van der Waals surface area contributed by atoms with Crippen LogP contribution in [0, 0.1) is 13.8 Å². The van der Waals surface area contributed by atoms with Crippen LogP contribution in [-0.4, -0.2) is 67.3 Å². The maximum atomic E-state index is 13.2. The van der Waals surface area contributed by atoms with E-state index in [1.165, 1.54) is 44.5 Å². The van der Waals surface area contributed by atoms with Gasteiger partial charge in [-0.1, -0.05) is 0 Å². The third kappa shape index (κ3) is 4.77. The summed E-state index contributed by atoms with van der Waals surface area (Å²) in [5, 5.41) is 5.20. The highest BCUT2D eigenvalue weighted by Crippen LogP contribution is 2.25. The van der Waals surface area contributed by atoms with E-state index in [1.54, 1.807) is 12.1 Å². The second-order valence-electron chi connectivity index (χ2n) is 8.86. The van der Waals surface area contributed by atoms with Crippen molar-refractivity contribution in [2.75, 3.05) is 32.7 Å². The van der Waals surface area contributed by atoms with Gasteiger partial charge in [0.2, 0.25) is 10.0 Å². The number of carbonyl (C=O) groups excluding carboxylic acids is 1. The van der Waals surface area contributed by atoms with Gasteiger partial charge in [0.15, 0.2) is 5.78 Å². The topological polar surface area (TPSA) is 88.6 Å². The number of hydrogen-bond donors (Lipinski definition) is 1. The van der Waals surface area contributed by atoms with Crippen LogP contribution in [0.3, 0.4) is 0 Å². The van der Waals surface area contributed by atoms with Crippen LogP contribution >= 0.6 is 0 Å². The Kier molecular flexibility index (Phi) is 6.35. The van der Waals surface area contributed by atoms with E-state index in [0.29, 0.717) is 12.6 Å². The van der Waals surface area contributed by atoms with E-state index in [-0.39, 0.29) is 10.7 Å². The predicted octanol–water partition coefficient (Wildman–Crippen LogP) is 2.48. The first kappa shape index (κ1) is 22.2. The fourth-order valence-electron chi connectivity index (χ4n) is 5.07. The number of nitrogens with two attached hydrogens (primary N) is 1. The molecule has 0 saturated carbocycles. The van der Waals surface area contributed by atoms with Crippen LogP contribution in [0.5, 0.6) is 0 Å². The average molecular weight is 445 g/mol. The van der Waals surface area contributed by atoms with Gasteiger partial charge in [-0.2, -0.15) is 0 Å². The molecule has 0 aliphatic carbocycles. The average Bonchev–Trinajstić information content (AvgIpc) is 3.44. The maximum absolute atomic E-state index is 13.2. The van der Waals surface area contributed by atoms with Crippen LogP contribution in [0.2, 0.25) is 0 Å². The lowest BCUT2D eigenvalue weighted by atomic mass is 10.1. The Labute approximate surface area is 184 Å². The van der Waals surface area contributed by atoms with Crippen molar-refractivity contribution in [1.82, 2.24) is 14.4 Å². The lowest BCUT2D eigenvalue weighted by Crippen LogP contribution is -2.41. The first-order chi connectivity index (χ1) is 14.7. The summed E-state index contributed by atoms with van der Waals surface area (Å²) >= 11 is 0. The van der Waals surface area contributed by atoms with Gasteiger partial charge in [0.05, 0.1) is 11.4 Å². The number of nitrogens with zero attached hydrogens (tertiary/aromatic N) is 3. The molecule has 1 aromatic carbocycles. The van der Waals surface area contributed by atoms with Gasteiger partial charge in [-0.3, -0.25) is 9.69 Å².